The van der Waals surface area contributed by atoms with Gasteiger partial charge in [0, 0.05) is 12.2 Å². The normalized spacial score (nSPS) is 19.4. The molecule has 0 atom stereocenters. The van der Waals surface area contributed by atoms with E-state index in [0.717, 1.165) is 11.0 Å². The number of rotatable bonds is 5. The summed E-state index contributed by atoms with van der Waals surface area (Å²) in [4.78, 5) is 10.9. The van der Waals surface area contributed by atoms with Gasteiger partial charge in [-0.1, -0.05) is 18.2 Å². The first kappa shape index (κ1) is 18.5. The Balaban J connectivity index is 2.21. The topological polar surface area (TPSA) is 85.6 Å². The molecular weight excluding hydrogens is 305 g/mol. The summed E-state index contributed by atoms with van der Waals surface area (Å²) in [5, 5.41) is 5.70. The highest BCUT2D eigenvalue weighted by Gasteiger charge is 2.52. The molecule has 1 fully saturated rings. The Morgan fingerprint density at radius 2 is 1.71 bits per heavy atom. The zero-order valence-electron chi connectivity index (χ0n) is 15.0. The average molecular weight is 331 g/mol. The van der Waals surface area contributed by atoms with E-state index in [1.807, 2.05) is 53.0 Å². The predicted octanol–water partition coefficient (Wildman–Crippen LogP) is 2.41. The summed E-state index contributed by atoms with van der Waals surface area (Å²) < 4.78 is 12.2. The SMILES string of the molecule is CNCC(=Cc1ccc(NC(N)=O)cc1)B1OC(C)(C)C(C)(C)O1. The predicted molar refractivity (Wildman–Crippen MR) is 97.6 cm³/mol. The maximum atomic E-state index is 10.9. The van der Waals surface area contributed by atoms with E-state index in [-0.39, 0.29) is 11.2 Å². The Morgan fingerprint density at radius 3 is 2.17 bits per heavy atom. The second-order valence-corrected chi connectivity index (χ2v) is 6.95. The zero-order valence-corrected chi connectivity index (χ0v) is 15.0. The smallest absolute Gasteiger partial charge is 0.400 e. The van der Waals surface area contributed by atoms with E-state index in [4.69, 9.17) is 15.0 Å². The summed E-state index contributed by atoms with van der Waals surface area (Å²) in [6.07, 6.45) is 2.03. The third-order valence-corrected chi connectivity index (χ3v) is 4.47. The van der Waals surface area contributed by atoms with Gasteiger partial charge in [-0.3, -0.25) is 0 Å². The Hall–Kier alpha value is -1.83. The van der Waals surface area contributed by atoms with Crippen molar-refractivity contribution in [2.24, 2.45) is 5.73 Å². The van der Waals surface area contributed by atoms with Crippen LogP contribution in [-0.2, 0) is 9.31 Å². The van der Waals surface area contributed by atoms with Crippen LogP contribution in [0.3, 0.4) is 0 Å². The lowest BCUT2D eigenvalue weighted by molar-refractivity contribution is 0.00578. The van der Waals surface area contributed by atoms with Crippen LogP contribution in [0.2, 0.25) is 0 Å². The fourth-order valence-electron chi connectivity index (χ4n) is 2.42. The van der Waals surface area contributed by atoms with Crippen LogP contribution >= 0.6 is 0 Å². The summed E-state index contributed by atoms with van der Waals surface area (Å²) >= 11 is 0. The van der Waals surface area contributed by atoms with Crippen molar-refractivity contribution in [3.63, 3.8) is 0 Å². The van der Waals surface area contributed by atoms with E-state index >= 15 is 0 Å². The van der Waals surface area contributed by atoms with Gasteiger partial charge in [0.05, 0.1) is 11.2 Å². The number of nitrogens with two attached hydrogens (primary N) is 1. The maximum Gasteiger partial charge on any atom is 0.491 e. The van der Waals surface area contributed by atoms with E-state index < -0.39 is 13.1 Å². The molecular formula is C17H26BN3O3. The number of urea groups is 1. The lowest BCUT2D eigenvalue weighted by Gasteiger charge is -2.32. The van der Waals surface area contributed by atoms with Crippen LogP contribution in [0.5, 0.6) is 0 Å². The number of benzene rings is 1. The van der Waals surface area contributed by atoms with Crippen LogP contribution in [0.1, 0.15) is 33.3 Å². The molecule has 0 radical (unpaired) electrons. The van der Waals surface area contributed by atoms with Crippen molar-refractivity contribution in [3.8, 4) is 0 Å². The second kappa shape index (κ2) is 6.97. The van der Waals surface area contributed by atoms with Gasteiger partial charge in [-0.15, -0.1) is 0 Å². The molecule has 0 spiro atoms. The minimum Gasteiger partial charge on any atom is -0.400 e. The van der Waals surface area contributed by atoms with Gasteiger partial charge >= 0.3 is 13.1 Å². The lowest BCUT2D eigenvalue weighted by atomic mass is 9.77. The highest BCUT2D eigenvalue weighted by atomic mass is 16.7. The molecule has 0 aliphatic carbocycles. The first-order chi connectivity index (χ1) is 11.1. The van der Waals surface area contributed by atoms with E-state index in [1.165, 1.54) is 0 Å². The molecule has 130 valence electrons. The van der Waals surface area contributed by atoms with Gasteiger partial charge in [0.1, 0.15) is 0 Å². The summed E-state index contributed by atoms with van der Waals surface area (Å²) in [6, 6.07) is 6.85. The van der Waals surface area contributed by atoms with Crippen molar-refractivity contribution < 1.29 is 14.1 Å². The molecule has 0 unspecified atom stereocenters. The van der Waals surface area contributed by atoms with Crippen molar-refractivity contribution in [1.29, 1.82) is 0 Å². The maximum absolute atomic E-state index is 10.9. The molecule has 1 saturated heterocycles. The molecule has 1 aromatic carbocycles. The van der Waals surface area contributed by atoms with E-state index in [0.29, 0.717) is 12.2 Å². The highest BCUT2D eigenvalue weighted by Crippen LogP contribution is 2.38. The quantitative estimate of drug-likeness (QED) is 0.723. The Kier molecular flexibility index (Phi) is 5.37. The van der Waals surface area contributed by atoms with E-state index in [1.54, 1.807) is 12.1 Å². The molecule has 6 nitrogen and oxygen atoms in total. The summed E-state index contributed by atoms with van der Waals surface area (Å²) in [5.74, 6) is 0. The van der Waals surface area contributed by atoms with Crippen LogP contribution in [0, 0.1) is 0 Å². The van der Waals surface area contributed by atoms with Crippen molar-refractivity contribution in [2.75, 3.05) is 18.9 Å². The molecule has 4 N–H and O–H groups in total. The summed E-state index contributed by atoms with van der Waals surface area (Å²) in [5.41, 5.74) is 7.02. The van der Waals surface area contributed by atoms with Gasteiger partial charge in [-0.25, -0.2) is 4.79 Å². The van der Waals surface area contributed by atoms with Gasteiger partial charge in [-0.05, 0) is 57.9 Å². The molecule has 1 aromatic rings. The molecule has 0 bridgehead atoms. The van der Waals surface area contributed by atoms with Crippen molar-refractivity contribution in [2.45, 2.75) is 38.9 Å². The molecule has 2 amide bonds. The third-order valence-electron chi connectivity index (χ3n) is 4.47. The van der Waals surface area contributed by atoms with Gasteiger partial charge in [0.25, 0.3) is 0 Å². The van der Waals surface area contributed by atoms with E-state index in [9.17, 15) is 4.79 Å². The number of amides is 2. The van der Waals surface area contributed by atoms with Gasteiger partial charge in [0.15, 0.2) is 0 Å². The number of carbonyl (C=O) groups excluding carboxylic acids is 1. The average Bonchev–Trinajstić information content (AvgIpc) is 2.68. The number of hydrogen-bond acceptors (Lipinski definition) is 4. The van der Waals surface area contributed by atoms with Crippen LogP contribution < -0.4 is 16.4 Å². The molecule has 2 rings (SSSR count). The first-order valence-corrected chi connectivity index (χ1v) is 8.02. The fourth-order valence-corrected chi connectivity index (χ4v) is 2.42. The minimum atomic E-state index is -0.577. The molecule has 1 aliphatic heterocycles. The molecule has 1 heterocycles. The van der Waals surface area contributed by atoms with E-state index in [2.05, 4.69) is 10.6 Å². The van der Waals surface area contributed by atoms with Crippen molar-refractivity contribution in [3.05, 3.63) is 35.3 Å². The number of nitrogens with one attached hydrogen (secondary N) is 2. The summed E-state index contributed by atoms with van der Waals surface area (Å²) in [6.45, 7) is 8.79. The molecule has 7 heteroatoms. The highest BCUT2D eigenvalue weighted by molar-refractivity contribution is 6.55. The lowest BCUT2D eigenvalue weighted by Crippen LogP contribution is -2.41. The Morgan fingerprint density at radius 1 is 1.17 bits per heavy atom. The van der Waals surface area contributed by atoms with Crippen LogP contribution in [0.25, 0.3) is 6.08 Å². The molecule has 0 saturated carbocycles. The molecule has 0 aromatic heterocycles. The van der Waals surface area contributed by atoms with Crippen LogP contribution in [0.4, 0.5) is 10.5 Å². The molecule has 1 aliphatic rings. The van der Waals surface area contributed by atoms with Crippen molar-refractivity contribution in [1.82, 2.24) is 5.32 Å². The summed E-state index contributed by atoms with van der Waals surface area (Å²) in [7, 11) is 1.49. The number of anilines is 1. The fraction of sp³-hybridized carbons (Fsp3) is 0.471. The van der Waals surface area contributed by atoms with Crippen LogP contribution in [0.15, 0.2) is 29.7 Å². The molecule has 24 heavy (non-hydrogen) atoms. The number of carbonyl (C=O) groups is 1. The van der Waals surface area contributed by atoms with Gasteiger partial charge in [0.2, 0.25) is 0 Å². The Labute approximate surface area is 143 Å². The van der Waals surface area contributed by atoms with Gasteiger partial charge < -0.3 is 25.7 Å². The second-order valence-electron chi connectivity index (χ2n) is 6.95. The first-order valence-electron chi connectivity index (χ1n) is 8.02. The number of primary amides is 1. The minimum absolute atomic E-state index is 0.375. The van der Waals surface area contributed by atoms with Crippen molar-refractivity contribution >= 4 is 24.9 Å². The van der Waals surface area contributed by atoms with Gasteiger partial charge in [-0.2, -0.15) is 0 Å². The largest absolute Gasteiger partial charge is 0.491 e. The number of hydrogen-bond donors (Lipinski definition) is 3. The van der Waals surface area contributed by atoms with Crippen LogP contribution in [-0.4, -0.2) is 37.9 Å². The standard InChI is InChI=1S/C17H26BN3O3/c1-16(2)17(3,4)24-18(23-16)13(11-20-5)10-12-6-8-14(9-7-12)21-15(19)22/h6-10,20H,11H2,1-5H3,(H3,19,21,22). The Bertz CT molecular complexity index is 610. The third kappa shape index (κ3) is 4.17. The number of likely N-dealkylation sites (N-methyl/N-ethyl adjacent to an activating group) is 1. The monoisotopic (exact) mass is 331 g/mol. The zero-order chi connectivity index (χ0) is 18.0.